The number of rotatable bonds is 6. The Morgan fingerprint density at radius 3 is 2.59 bits per heavy atom. The van der Waals surface area contributed by atoms with Crippen molar-refractivity contribution in [2.24, 2.45) is 7.05 Å². The molecule has 2 aliphatic rings. The van der Waals surface area contributed by atoms with Gasteiger partial charge >= 0.3 is 0 Å². The van der Waals surface area contributed by atoms with Gasteiger partial charge in [0.25, 0.3) is 0 Å². The Balaban J connectivity index is 1.31. The number of ether oxygens (including phenoxy) is 1. The van der Waals surface area contributed by atoms with E-state index in [1.165, 1.54) is 0 Å². The van der Waals surface area contributed by atoms with Crippen LogP contribution in [0.25, 0.3) is 22.4 Å². The molecule has 4 aromatic rings. The van der Waals surface area contributed by atoms with Crippen LogP contribution in [0, 0.1) is 0 Å². The summed E-state index contributed by atoms with van der Waals surface area (Å²) in [5.74, 6) is 0.935. The third-order valence-corrected chi connectivity index (χ3v) is 6.59. The Kier molecular flexibility index (Phi) is 4.94. The number of nitrogens with zero attached hydrogens (tertiary/aromatic N) is 9. The van der Waals surface area contributed by atoms with Gasteiger partial charge in [-0.25, -0.2) is 9.97 Å². The lowest BCUT2D eigenvalue weighted by molar-refractivity contribution is 0.194. The highest BCUT2D eigenvalue weighted by molar-refractivity contribution is 5.83. The van der Waals surface area contributed by atoms with Gasteiger partial charge in [-0.2, -0.15) is 10.1 Å². The molecule has 0 radical (unpaired) electrons. The predicted molar refractivity (Wildman–Crippen MR) is 127 cm³/mol. The summed E-state index contributed by atoms with van der Waals surface area (Å²) in [7, 11) is 3.99. The topological polar surface area (TPSA) is 112 Å². The van der Waals surface area contributed by atoms with Gasteiger partial charge in [0.1, 0.15) is 11.3 Å². The van der Waals surface area contributed by atoms with Gasteiger partial charge in [-0.15, -0.1) is 5.10 Å². The van der Waals surface area contributed by atoms with Crippen molar-refractivity contribution >= 4 is 22.7 Å². The molecule has 1 aliphatic carbocycles. The lowest BCUT2D eigenvalue weighted by Crippen LogP contribution is -2.31. The van der Waals surface area contributed by atoms with Crippen LogP contribution < -0.4 is 10.1 Å². The first-order valence-electron chi connectivity index (χ1n) is 11.7. The average molecular weight is 461 g/mol. The molecule has 1 N–H and O–H groups in total. The molecule has 11 heteroatoms. The van der Waals surface area contributed by atoms with Crippen LogP contribution >= 0.6 is 0 Å². The fourth-order valence-electron chi connectivity index (χ4n) is 4.22. The van der Waals surface area contributed by atoms with Crippen LogP contribution in [-0.2, 0) is 7.05 Å². The van der Waals surface area contributed by atoms with E-state index in [0.29, 0.717) is 40.3 Å². The van der Waals surface area contributed by atoms with E-state index in [0.717, 1.165) is 44.5 Å². The van der Waals surface area contributed by atoms with E-state index in [9.17, 15) is 0 Å². The maximum absolute atomic E-state index is 6.29. The summed E-state index contributed by atoms with van der Waals surface area (Å²) in [4.78, 5) is 16.5. The molecule has 1 saturated carbocycles. The van der Waals surface area contributed by atoms with Crippen molar-refractivity contribution in [3.8, 4) is 17.3 Å². The van der Waals surface area contributed by atoms with Gasteiger partial charge in [0.15, 0.2) is 5.52 Å². The number of fused-ring (bicyclic) bond motifs is 1. The molecule has 0 spiro atoms. The maximum atomic E-state index is 6.29. The first-order valence-corrected chi connectivity index (χ1v) is 11.7. The number of nitrogens with one attached hydrogen (secondary N) is 1. The zero-order chi connectivity index (χ0) is 23.3. The van der Waals surface area contributed by atoms with Gasteiger partial charge in [0.2, 0.25) is 11.8 Å². The summed E-state index contributed by atoms with van der Waals surface area (Å²) in [6, 6.07) is 4.23. The Morgan fingerprint density at radius 2 is 1.85 bits per heavy atom. The first kappa shape index (κ1) is 21.0. The molecule has 1 saturated heterocycles. The number of aryl methyl sites for hydroxylation is 1. The lowest BCUT2D eigenvalue weighted by Gasteiger charge is -2.28. The summed E-state index contributed by atoms with van der Waals surface area (Å²) in [6.07, 6.45) is 9.87. The van der Waals surface area contributed by atoms with Crippen LogP contribution in [0.1, 0.15) is 38.6 Å². The van der Waals surface area contributed by atoms with E-state index in [4.69, 9.17) is 19.7 Å². The SMILES string of the molecule is CN1CCC(n2cc(Nc3nc(OC4(C)CC4)c4nc(-c5cn(C)nn5)ccc4n3)cn2)CC1. The van der Waals surface area contributed by atoms with Crippen LogP contribution in [0.3, 0.4) is 0 Å². The smallest absolute Gasteiger partial charge is 0.246 e. The molecule has 0 unspecified atom stereocenters. The van der Waals surface area contributed by atoms with Gasteiger partial charge in [-0.1, -0.05) is 5.21 Å². The molecule has 34 heavy (non-hydrogen) atoms. The van der Waals surface area contributed by atoms with Gasteiger partial charge < -0.3 is 15.0 Å². The highest BCUT2D eigenvalue weighted by Gasteiger charge is 2.41. The van der Waals surface area contributed by atoms with Gasteiger partial charge in [-0.3, -0.25) is 9.36 Å². The second kappa shape index (κ2) is 8.01. The normalized spacial score (nSPS) is 18.3. The Morgan fingerprint density at radius 1 is 1.03 bits per heavy atom. The second-order valence-electron chi connectivity index (χ2n) is 9.61. The summed E-state index contributed by atoms with van der Waals surface area (Å²) in [6.45, 7) is 4.26. The summed E-state index contributed by atoms with van der Waals surface area (Å²) in [5.41, 5.74) is 3.36. The highest BCUT2D eigenvalue weighted by atomic mass is 16.5. The Hall–Kier alpha value is -3.60. The van der Waals surface area contributed by atoms with Crippen LogP contribution in [0.2, 0.25) is 0 Å². The van der Waals surface area contributed by atoms with Gasteiger partial charge in [0.05, 0.1) is 35.3 Å². The molecule has 5 heterocycles. The van der Waals surface area contributed by atoms with Crippen molar-refractivity contribution in [2.75, 3.05) is 25.5 Å². The number of piperidine rings is 1. The van der Waals surface area contributed by atoms with E-state index in [1.807, 2.05) is 42.5 Å². The van der Waals surface area contributed by atoms with Crippen LogP contribution in [0.5, 0.6) is 5.88 Å². The standard InChI is InChI=1S/C23H28N10O/c1-23(8-9-23)34-21-20-18(5-4-17(26-20)19-14-32(3)30-29-19)27-22(28-21)25-15-12-24-33(13-15)16-6-10-31(2)11-7-16/h4-5,12-14,16H,6-11H2,1-3H3,(H,25,27,28). The van der Waals surface area contributed by atoms with E-state index >= 15 is 0 Å². The molecule has 2 fully saturated rings. The second-order valence-corrected chi connectivity index (χ2v) is 9.61. The number of anilines is 2. The summed E-state index contributed by atoms with van der Waals surface area (Å²) >= 11 is 0. The fraction of sp³-hybridized carbons (Fsp3) is 0.478. The summed E-state index contributed by atoms with van der Waals surface area (Å²) < 4.78 is 9.99. The zero-order valence-electron chi connectivity index (χ0n) is 19.6. The molecule has 11 nitrogen and oxygen atoms in total. The van der Waals surface area contributed by atoms with Crippen LogP contribution in [-0.4, -0.2) is 70.4 Å². The molecule has 0 amide bonds. The minimum absolute atomic E-state index is 0.207. The Labute approximate surface area is 197 Å². The zero-order valence-corrected chi connectivity index (χ0v) is 19.6. The largest absolute Gasteiger partial charge is 0.470 e. The monoisotopic (exact) mass is 460 g/mol. The molecule has 0 bridgehead atoms. The third kappa shape index (κ3) is 4.18. The molecule has 4 aromatic heterocycles. The average Bonchev–Trinajstić information content (AvgIpc) is 3.18. The highest BCUT2D eigenvalue weighted by Crippen LogP contribution is 2.41. The number of likely N-dealkylation sites (tertiary alicyclic amines) is 1. The van der Waals surface area contributed by atoms with Gasteiger partial charge in [0, 0.05) is 13.2 Å². The number of hydrogen-bond acceptors (Lipinski definition) is 9. The molecule has 0 aromatic carbocycles. The van der Waals surface area contributed by atoms with Crippen molar-refractivity contribution < 1.29 is 4.74 Å². The van der Waals surface area contributed by atoms with E-state index < -0.39 is 0 Å². The molecule has 176 valence electrons. The lowest BCUT2D eigenvalue weighted by atomic mass is 10.1. The minimum atomic E-state index is -0.207. The van der Waals surface area contributed by atoms with Crippen molar-refractivity contribution in [3.05, 3.63) is 30.7 Å². The number of hydrogen-bond donors (Lipinski definition) is 1. The molecule has 0 atom stereocenters. The third-order valence-electron chi connectivity index (χ3n) is 6.59. The van der Waals surface area contributed by atoms with Crippen molar-refractivity contribution in [2.45, 2.75) is 44.2 Å². The van der Waals surface area contributed by atoms with E-state index in [-0.39, 0.29) is 5.60 Å². The minimum Gasteiger partial charge on any atom is -0.470 e. The first-order chi connectivity index (χ1) is 16.4. The fourth-order valence-corrected chi connectivity index (χ4v) is 4.22. The van der Waals surface area contributed by atoms with Crippen molar-refractivity contribution in [1.29, 1.82) is 0 Å². The molecular weight excluding hydrogens is 432 g/mol. The summed E-state index contributed by atoms with van der Waals surface area (Å²) in [5, 5.41) is 16.1. The van der Waals surface area contributed by atoms with Crippen molar-refractivity contribution in [1.82, 2.24) is 44.6 Å². The predicted octanol–water partition coefficient (Wildman–Crippen LogP) is 2.96. The van der Waals surface area contributed by atoms with Crippen LogP contribution in [0.4, 0.5) is 11.6 Å². The van der Waals surface area contributed by atoms with E-state index in [1.54, 1.807) is 4.68 Å². The maximum Gasteiger partial charge on any atom is 0.246 e. The quantitative estimate of drug-likeness (QED) is 0.464. The molecule has 6 rings (SSSR count). The van der Waals surface area contributed by atoms with E-state index in [2.05, 4.69) is 39.6 Å². The molecular formula is C23H28N10O. The Bertz CT molecular complexity index is 1330. The van der Waals surface area contributed by atoms with Gasteiger partial charge in [-0.05, 0) is 64.9 Å². The van der Waals surface area contributed by atoms with Crippen LogP contribution in [0.15, 0.2) is 30.7 Å². The van der Waals surface area contributed by atoms with Crippen molar-refractivity contribution in [3.63, 3.8) is 0 Å². The molecule has 1 aliphatic heterocycles. The number of pyridine rings is 1. The number of aromatic nitrogens is 8.